The molecule has 0 aromatic rings. The van der Waals surface area contributed by atoms with E-state index in [1.54, 1.807) is 0 Å². The third kappa shape index (κ3) is 19.7. The molecule has 0 bridgehead atoms. The Morgan fingerprint density at radius 2 is 1.20 bits per heavy atom. The molecular formula is H8AlAsFeMgMn. The van der Waals surface area contributed by atoms with Crippen molar-refractivity contribution in [2.45, 2.75) is 0 Å². The van der Waals surface area contributed by atoms with Crippen LogP contribution < -0.4 is 0 Å². The van der Waals surface area contributed by atoms with Gasteiger partial charge in [-0.15, -0.1) is 0 Å². The molecule has 0 N–H and O–H groups in total. The van der Waals surface area contributed by atoms with Gasteiger partial charge in [0.1, 0.15) is 0 Å². The molecule has 0 aromatic carbocycles. The predicted octanol–water partition coefficient (Wildman–Crippen LogP) is -2.53. The molecule has 0 nitrogen and oxygen atoms in total. The summed E-state index contributed by atoms with van der Waals surface area (Å²) in [5.41, 5.74) is 0. The summed E-state index contributed by atoms with van der Waals surface area (Å²) in [6, 6.07) is 0. The second-order valence-electron chi connectivity index (χ2n) is 0. The van der Waals surface area contributed by atoms with Crippen LogP contribution in [0.5, 0.6) is 0 Å². The molecule has 1 radical (unpaired) electrons. The van der Waals surface area contributed by atoms with Gasteiger partial charge in [-0.2, -0.15) is 0 Å². The maximum absolute atomic E-state index is 0. The van der Waals surface area contributed by atoms with Gasteiger partial charge in [-0.3, -0.25) is 0 Å². The van der Waals surface area contributed by atoms with Gasteiger partial charge in [0.25, 0.3) is 0 Å². The zero-order valence-electron chi connectivity index (χ0n) is 4.15. The maximum atomic E-state index is 0. The summed E-state index contributed by atoms with van der Waals surface area (Å²) in [6.07, 6.45) is 0. The van der Waals surface area contributed by atoms with Crippen molar-refractivity contribution in [1.82, 2.24) is 0 Å². The molecule has 1 atom stereocenters. The second kappa shape index (κ2) is 28.6. The Hall–Kier alpha value is 2.90. The van der Waals surface area contributed by atoms with Crippen molar-refractivity contribution in [2.75, 3.05) is 0 Å². The molecule has 0 heterocycles. The van der Waals surface area contributed by atoms with E-state index in [2.05, 4.69) is 0 Å². The van der Waals surface area contributed by atoms with Crippen LogP contribution >= 0.6 is 0 Å². The van der Waals surface area contributed by atoms with Crippen molar-refractivity contribution in [2.24, 2.45) is 0 Å². The Kier molecular flexibility index (Phi) is 256. The van der Waals surface area contributed by atoms with Gasteiger partial charge in [0.05, 0.1) is 0 Å². The third-order valence-corrected chi connectivity index (χ3v) is 0. The fourth-order valence-corrected chi connectivity index (χ4v) is 0. The van der Waals surface area contributed by atoms with E-state index in [9.17, 15) is 0 Å². The molecule has 5 heavy (non-hydrogen) atoms. The van der Waals surface area contributed by atoms with E-state index in [-0.39, 0.29) is 95.4 Å². The van der Waals surface area contributed by atoms with Gasteiger partial charge in [0, 0.05) is 34.1 Å². The van der Waals surface area contributed by atoms with Crippen molar-refractivity contribution in [3.63, 3.8) is 0 Å². The first kappa shape index (κ1) is 44.8. The largest absolute Gasteiger partial charge is 2.00 e. The van der Waals surface area contributed by atoms with Crippen LogP contribution in [0.25, 0.3) is 0 Å². The minimum absolute atomic E-state index is 0. The molecule has 0 amide bonds. The van der Waals surface area contributed by atoms with Crippen LogP contribution in [0.1, 0.15) is 2.85 Å². The van der Waals surface area contributed by atoms with Gasteiger partial charge in [-0.25, -0.2) is 0 Å². The Morgan fingerprint density at radius 3 is 1.20 bits per heavy atom. The van der Waals surface area contributed by atoms with Crippen LogP contribution in [-0.2, 0) is 34.1 Å². The van der Waals surface area contributed by atoms with E-state index in [0.717, 1.165) is 0 Å². The maximum Gasteiger partial charge on any atom is 2.00 e. The topological polar surface area (TPSA) is 0 Å². The van der Waals surface area contributed by atoms with Crippen LogP contribution in [0.3, 0.4) is 0 Å². The Labute approximate surface area is 94.1 Å². The molecule has 5 heteroatoms. The van der Waals surface area contributed by atoms with Crippen LogP contribution in [0, 0.1) is 0 Å². The van der Waals surface area contributed by atoms with E-state index >= 15 is 0 Å². The summed E-state index contributed by atoms with van der Waals surface area (Å²) in [7, 11) is 0. The van der Waals surface area contributed by atoms with Crippen molar-refractivity contribution < 1.29 is 37.0 Å². The number of rotatable bonds is 0. The average molecular weight is 245 g/mol. The molecule has 0 rings (SSSR count). The molecule has 0 saturated carbocycles. The summed E-state index contributed by atoms with van der Waals surface area (Å²) in [4.78, 5) is 0. The molecule has 1 unspecified atom stereocenters. The zero-order chi connectivity index (χ0) is 0. The van der Waals surface area contributed by atoms with Gasteiger partial charge in [-0.05, 0) is 0 Å². The Balaban J connectivity index is 0. The Bertz CT molecular complexity index is 17.7. The molecule has 0 spiro atoms. The summed E-state index contributed by atoms with van der Waals surface area (Å²) in [6.45, 7) is 0. The van der Waals surface area contributed by atoms with Gasteiger partial charge in [0.15, 0.2) is 17.4 Å². The first-order valence-electron chi connectivity index (χ1n) is 0. The van der Waals surface area contributed by atoms with Gasteiger partial charge < -0.3 is 2.85 Å². The minimum Gasteiger partial charge on any atom is -1.00 e. The van der Waals surface area contributed by atoms with E-state index in [1.807, 2.05) is 0 Å². The minimum atomic E-state index is 0. The van der Waals surface area contributed by atoms with Crippen LogP contribution in [0.2, 0.25) is 0 Å². The Morgan fingerprint density at radius 1 is 1.20 bits per heavy atom. The van der Waals surface area contributed by atoms with E-state index in [0.29, 0.717) is 0 Å². The average Bonchev–Trinajstić information content (AvgIpc) is 0. The van der Waals surface area contributed by atoms with Crippen molar-refractivity contribution in [3.05, 3.63) is 0 Å². The van der Waals surface area contributed by atoms with Crippen molar-refractivity contribution >= 4 is 58.4 Å². The normalized spacial score (nSPS) is 0. The fraction of sp³-hybridized carbons (Fsp3) is 0. The number of hydrogen-bond donors (Lipinski definition) is 0. The fourth-order valence-electron chi connectivity index (χ4n) is 0. The van der Waals surface area contributed by atoms with E-state index in [4.69, 9.17) is 0 Å². The molecule has 0 aliphatic rings. The summed E-state index contributed by atoms with van der Waals surface area (Å²) in [5.74, 6) is 0. The molecule has 0 aromatic heterocycles. The van der Waals surface area contributed by atoms with Crippen LogP contribution in [-0.4, -0.2) is 58.4 Å². The summed E-state index contributed by atoms with van der Waals surface area (Å²) < 4.78 is 0. The second-order valence-corrected chi connectivity index (χ2v) is 0. The number of hydrogen-bond acceptors (Lipinski definition) is 0. The molecule has 0 saturated heterocycles. The van der Waals surface area contributed by atoms with Crippen molar-refractivity contribution in [3.8, 4) is 0 Å². The summed E-state index contributed by atoms with van der Waals surface area (Å²) in [5, 5.41) is 0. The smallest absolute Gasteiger partial charge is 1.00 e. The van der Waals surface area contributed by atoms with Gasteiger partial charge in [0.2, 0.25) is 0 Å². The first-order valence-corrected chi connectivity index (χ1v) is 0. The monoisotopic (exact) mass is 245 g/mol. The first-order chi connectivity index (χ1) is 0. The molecule has 0 aliphatic heterocycles. The van der Waals surface area contributed by atoms with E-state index < -0.39 is 0 Å². The van der Waals surface area contributed by atoms with Crippen LogP contribution in [0.15, 0.2) is 0 Å². The van der Waals surface area contributed by atoms with Crippen molar-refractivity contribution in [1.29, 1.82) is 0 Å². The standard InChI is InChI=1S/Al.AsH3.Fe.Mg.Mn.5H/h;1H3;;;;;;;;/q;;;+2;;;;;2*-1. The molecular weight excluding hydrogens is 237 g/mol. The predicted molar refractivity (Wildman–Crippen MR) is 27.9 cm³/mol. The molecule has 0 fully saturated rings. The zero-order valence-corrected chi connectivity index (χ0v) is 8.81. The third-order valence-electron chi connectivity index (χ3n) is 0. The SMILES string of the molecule is [AlH3].[AsH3].[Fe].[H-].[H-].[Mg+2].[Mn]. The van der Waals surface area contributed by atoms with Gasteiger partial charge >= 0.3 is 41.0 Å². The summed E-state index contributed by atoms with van der Waals surface area (Å²) >= 11 is 0. The quantitative estimate of drug-likeness (QED) is 0.413. The van der Waals surface area contributed by atoms with Gasteiger partial charge in [-0.1, -0.05) is 0 Å². The van der Waals surface area contributed by atoms with Crippen LogP contribution in [0.4, 0.5) is 0 Å². The molecule has 0 aliphatic carbocycles. The molecule has 33 valence electrons. The van der Waals surface area contributed by atoms with E-state index in [1.165, 1.54) is 0 Å².